The van der Waals surface area contributed by atoms with E-state index in [0.29, 0.717) is 6.54 Å². The zero-order valence-corrected chi connectivity index (χ0v) is 14.2. The molecule has 0 aliphatic carbocycles. The highest BCUT2D eigenvalue weighted by atomic mass is 16.5. The Morgan fingerprint density at radius 1 is 1.36 bits per heavy atom. The molecule has 1 amide bonds. The van der Waals surface area contributed by atoms with Crippen molar-refractivity contribution in [3.05, 3.63) is 35.4 Å². The minimum absolute atomic E-state index is 0.0477. The average Bonchev–Trinajstić information content (AvgIpc) is 2.46. The topological polar surface area (TPSA) is 61.8 Å². The van der Waals surface area contributed by atoms with Gasteiger partial charge in [-0.2, -0.15) is 0 Å². The third kappa shape index (κ3) is 5.40. The van der Waals surface area contributed by atoms with Crippen LogP contribution in [0.25, 0.3) is 0 Å². The van der Waals surface area contributed by atoms with Crippen LogP contribution in [0.2, 0.25) is 0 Å². The standard InChI is InChI=1S/C17H28N2O3/c1-12-8-6-7-9-16(12)13(2)18-17(21)14(3)19(4)10-15(20)11-22-5/h6-9,13-15,20H,10-11H2,1-5H3,(H,18,21). The number of aliphatic hydroxyl groups is 1. The number of amides is 1. The lowest BCUT2D eigenvalue weighted by atomic mass is 10.0. The fraction of sp³-hybridized carbons (Fsp3) is 0.588. The van der Waals surface area contributed by atoms with Crippen molar-refractivity contribution < 1.29 is 14.6 Å². The van der Waals surface area contributed by atoms with E-state index in [1.807, 2.05) is 57.0 Å². The summed E-state index contributed by atoms with van der Waals surface area (Å²) >= 11 is 0. The average molecular weight is 308 g/mol. The van der Waals surface area contributed by atoms with Crippen molar-refractivity contribution in [1.82, 2.24) is 10.2 Å². The summed E-state index contributed by atoms with van der Waals surface area (Å²) in [5.74, 6) is -0.0529. The smallest absolute Gasteiger partial charge is 0.237 e. The van der Waals surface area contributed by atoms with Crippen LogP contribution in [0, 0.1) is 6.92 Å². The summed E-state index contributed by atoms with van der Waals surface area (Å²) in [7, 11) is 3.37. The van der Waals surface area contributed by atoms with E-state index in [9.17, 15) is 9.90 Å². The molecule has 22 heavy (non-hydrogen) atoms. The molecule has 0 saturated heterocycles. The lowest BCUT2D eigenvalue weighted by molar-refractivity contribution is -0.126. The van der Waals surface area contributed by atoms with Gasteiger partial charge in [-0.25, -0.2) is 0 Å². The molecule has 1 rings (SSSR count). The highest BCUT2D eigenvalue weighted by Gasteiger charge is 2.22. The summed E-state index contributed by atoms with van der Waals surface area (Å²) in [6.07, 6.45) is -0.598. The summed E-state index contributed by atoms with van der Waals surface area (Å²) in [6.45, 7) is 6.50. The zero-order valence-electron chi connectivity index (χ0n) is 14.2. The maximum absolute atomic E-state index is 12.4. The lowest BCUT2D eigenvalue weighted by Gasteiger charge is -2.27. The highest BCUT2D eigenvalue weighted by molar-refractivity contribution is 5.81. The van der Waals surface area contributed by atoms with E-state index in [0.717, 1.165) is 11.1 Å². The number of nitrogens with one attached hydrogen (secondary N) is 1. The number of carbonyl (C=O) groups excluding carboxylic acids is 1. The van der Waals surface area contributed by atoms with Gasteiger partial charge in [-0.15, -0.1) is 0 Å². The first-order valence-corrected chi connectivity index (χ1v) is 7.60. The number of aliphatic hydroxyl groups excluding tert-OH is 1. The third-order valence-electron chi connectivity index (χ3n) is 3.91. The zero-order chi connectivity index (χ0) is 16.7. The largest absolute Gasteiger partial charge is 0.389 e. The number of hydrogen-bond acceptors (Lipinski definition) is 4. The Morgan fingerprint density at radius 3 is 2.59 bits per heavy atom. The van der Waals surface area contributed by atoms with Gasteiger partial charge in [0, 0.05) is 13.7 Å². The van der Waals surface area contributed by atoms with Gasteiger partial charge < -0.3 is 15.2 Å². The van der Waals surface area contributed by atoms with Gasteiger partial charge in [-0.1, -0.05) is 24.3 Å². The predicted molar refractivity (Wildman–Crippen MR) is 87.7 cm³/mol. The molecule has 0 spiro atoms. The Hall–Kier alpha value is -1.43. The maximum Gasteiger partial charge on any atom is 0.237 e. The van der Waals surface area contributed by atoms with Crippen LogP contribution in [-0.4, -0.2) is 55.4 Å². The number of aryl methyl sites for hydroxylation is 1. The number of rotatable bonds is 8. The SMILES string of the molecule is COCC(O)CN(C)C(C)C(=O)NC(C)c1ccccc1C. The van der Waals surface area contributed by atoms with Crippen molar-refractivity contribution >= 4 is 5.91 Å². The number of ether oxygens (including phenoxy) is 1. The van der Waals surface area contributed by atoms with E-state index >= 15 is 0 Å². The van der Waals surface area contributed by atoms with Crippen LogP contribution in [0.4, 0.5) is 0 Å². The monoisotopic (exact) mass is 308 g/mol. The van der Waals surface area contributed by atoms with Crippen molar-refractivity contribution in [1.29, 1.82) is 0 Å². The van der Waals surface area contributed by atoms with Gasteiger partial charge in [0.2, 0.25) is 5.91 Å². The predicted octanol–water partition coefficient (Wildman–Crippen LogP) is 1.50. The van der Waals surface area contributed by atoms with Crippen LogP contribution in [0.1, 0.15) is 31.0 Å². The van der Waals surface area contributed by atoms with Gasteiger partial charge in [0.15, 0.2) is 0 Å². The number of benzene rings is 1. The van der Waals surface area contributed by atoms with Crippen LogP contribution in [0.3, 0.4) is 0 Å². The van der Waals surface area contributed by atoms with Crippen molar-refractivity contribution in [3.63, 3.8) is 0 Å². The molecule has 0 aliphatic rings. The molecule has 5 nitrogen and oxygen atoms in total. The Morgan fingerprint density at radius 2 is 2.00 bits per heavy atom. The second kappa shape index (κ2) is 8.88. The van der Waals surface area contributed by atoms with Crippen molar-refractivity contribution in [2.75, 3.05) is 27.3 Å². The molecule has 5 heteroatoms. The first-order valence-electron chi connectivity index (χ1n) is 7.60. The Balaban J connectivity index is 2.58. The molecule has 3 unspecified atom stereocenters. The van der Waals surface area contributed by atoms with Crippen molar-refractivity contribution in [3.8, 4) is 0 Å². The molecule has 0 aromatic heterocycles. The van der Waals surface area contributed by atoms with Gasteiger partial charge in [-0.05, 0) is 38.9 Å². The molecule has 0 fully saturated rings. The number of carbonyl (C=O) groups is 1. The van der Waals surface area contributed by atoms with E-state index in [2.05, 4.69) is 5.32 Å². The Bertz CT molecular complexity index is 479. The van der Waals surface area contributed by atoms with Crippen LogP contribution >= 0.6 is 0 Å². The molecular weight excluding hydrogens is 280 g/mol. The quantitative estimate of drug-likeness (QED) is 0.764. The van der Waals surface area contributed by atoms with Gasteiger partial charge in [-0.3, -0.25) is 9.69 Å². The molecule has 124 valence electrons. The van der Waals surface area contributed by atoms with Crippen LogP contribution in [0.5, 0.6) is 0 Å². The number of nitrogens with zero attached hydrogens (tertiary/aromatic N) is 1. The molecule has 2 N–H and O–H groups in total. The van der Waals surface area contributed by atoms with Crippen LogP contribution in [0.15, 0.2) is 24.3 Å². The van der Waals surface area contributed by atoms with Crippen molar-refractivity contribution in [2.24, 2.45) is 0 Å². The maximum atomic E-state index is 12.4. The van der Waals surface area contributed by atoms with Crippen LogP contribution in [-0.2, 0) is 9.53 Å². The molecule has 0 saturated carbocycles. The first kappa shape index (κ1) is 18.6. The summed E-state index contributed by atoms with van der Waals surface area (Å²) in [4.78, 5) is 14.2. The summed E-state index contributed by atoms with van der Waals surface area (Å²) < 4.78 is 4.90. The second-order valence-corrected chi connectivity index (χ2v) is 5.81. The Kier molecular flexibility index (Phi) is 7.51. The van der Waals surface area contributed by atoms with E-state index in [1.165, 1.54) is 0 Å². The van der Waals surface area contributed by atoms with Crippen molar-refractivity contribution in [2.45, 2.75) is 39.0 Å². The number of methoxy groups -OCH3 is 1. The third-order valence-corrected chi connectivity index (χ3v) is 3.91. The van der Waals surface area contributed by atoms with Gasteiger partial charge in [0.05, 0.1) is 24.8 Å². The summed E-state index contributed by atoms with van der Waals surface area (Å²) in [6, 6.07) is 7.65. The lowest BCUT2D eigenvalue weighted by Crippen LogP contribution is -2.47. The summed E-state index contributed by atoms with van der Waals surface area (Å²) in [5, 5.41) is 12.8. The van der Waals surface area contributed by atoms with Gasteiger partial charge >= 0.3 is 0 Å². The fourth-order valence-corrected chi connectivity index (χ4v) is 2.42. The molecule has 1 aromatic rings. The summed E-state index contributed by atoms with van der Waals surface area (Å²) in [5.41, 5.74) is 2.27. The minimum Gasteiger partial charge on any atom is -0.389 e. The first-order chi connectivity index (χ1) is 10.4. The van der Waals surface area contributed by atoms with E-state index in [-0.39, 0.29) is 24.6 Å². The molecule has 3 atom stereocenters. The Labute approximate surface area is 133 Å². The van der Waals surface area contributed by atoms with E-state index in [4.69, 9.17) is 4.74 Å². The number of hydrogen-bond donors (Lipinski definition) is 2. The number of likely N-dealkylation sites (N-methyl/N-ethyl adjacent to an activating group) is 1. The molecule has 0 radical (unpaired) electrons. The van der Waals surface area contributed by atoms with Crippen LogP contribution < -0.4 is 5.32 Å². The molecule has 0 aliphatic heterocycles. The normalized spacial score (nSPS) is 15.4. The van der Waals surface area contributed by atoms with Gasteiger partial charge in [0.25, 0.3) is 0 Å². The van der Waals surface area contributed by atoms with E-state index < -0.39 is 6.10 Å². The molecular formula is C17H28N2O3. The second-order valence-electron chi connectivity index (χ2n) is 5.81. The van der Waals surface area contributed by atoms with E-state index in [1.54, 1.807) is 7.11 Å². The molecule has 0 heterocycles. The fourth-order valence-electron chi connectivity index (χ4n) is 2.42. The molecule has 1 aromatic carbocycles. The van der Waals surface area contributed by atoms with Gasteiger partial charge in [0.1, 0.15) is 0 Å². The minimum atomic E-state index is -0.598. The molecule has 0 bridgehead atoms. The highest BCUT2D eigenvalue weighted by Crippen LogP contribution is 2.17.